The number of halogens is 2. The largest absolute Gasteiger partial charge is 0.480 e. The van der Waals surface area contributed by atoms with Crippen LogP contribution in [0.2, 0.25) is 5.02 Å². The van der Waals surface area contributed by atoms with Gasteiger partial charge in [0.15, 0.2) is 0 Å². The van der Waals surface area contributed by atoms with Gasteiger partial charge in [0, 0.05) is 32.9 Å². The third kappa shape index (κ3) is 3.98. The Morgan fingerprint density at radius 1 is 1.16 bits per heavy atom. The van der Waals surface area contributed by atoms with Gasteiger partial charge in [0.2, 0.25) is 9.84 Å². The van der Waals surface area contributed by atoms with Crippen molar-refractivity contribution >= 4 is 49.6 Å². The number of carboxylic acid groups (broad SMARTS) is 1. The SMILES string of the molecule is Cc1c(Cc2sccc2S(=O)(=O)c2ccc(Cl)cc2)c2cc(F)ccc2n1CC(=O)O. The smallest absolute Gasteiger partial charge is 0.323 e. The molecule has 1 N–H and O–H groups in total. The number of aliphatic carboxylic acids is 1. The molecule has 0 saturated heterocycles. The second-order valence-corrected chi connectivity index (χ2v) is 10.4. The average molecular weight is 478 g/mol. The molecule has 0 fully saturated rings. The van der Waals surface area contributed by atoms with Crippen LogP contribution in [0.15, 0.2) is 63.7 Å². The molecule has 0 saturated carbocycles. The number of sulfone groups is 1. The second-order valence-electron chi connectivity index (χ2n) is 7.05. The van der Waals surface area contributed by atoms with Crippen molar-refractivity contribution < 1.29 is 22.7 Å². The molecular weight excluding hydrogens is 461 g/mol. The topological polar surface area (TPSA) is 76.4 Å². The van der Waals surface area contributed by atoms with Crippen LogP contribution in [0.4, 0.5) is 4.39 Å². The number of carboxylic acids is 1. The normalized spacial score (nSPS) is 11.8. The zero-order valence-electron chi connectivity index (χ0n) is 16.3. The van der Waals surface area contributed by atoms with Gasteiger partial charge < -0.3 is 9.67 Å². The number of benzene rings is 2. The highest BCUT2D eigenvalue weighted by atomic mass is 35.5. The standard InChI is InChI=1S/C22H17ClFNO4S2/c1-13-17(18-10-15(24)4-7-19(18)25(13)12-22(26)27)11-20-21(8-9-30-20)31(28,29)16-5-2-14(23)3-6-16/h2-10H,11-12H2,1H3,(H,26,27). The number of nitrogens with zero attached hydrogens (tertiary/aromatic N) is 1. The lowest BCUT2D eigenvalue weighted by Crippen LogP contribution is -2.10. The fourth-order valence-electron chi connectivity index (χ4n) is 3.68. The summed E-state index contributed by atoms with van der Waals surface area (Å²) in [5.74, 6) is -1.46. The van der Waals surface area contributed by atoms with Crippen molar-refractivity contribution in [1.29, 1.82) is 0 Å². The number of rotatable bonds is 6. The molecule has 4 rings (SSSR count). The van der Waals surface area contributed by atoms with Crippen LogP contribution >= 0.6 is 22.9 Å². The lowest BCUT2D eigenvalue weighted by Gasteiger charge is -2.08. The number of carbonyl (C=O) groups is 1. The van der Waals surface area contributed by atoms with Gasteiger partial charge in [0.05, 0.1) is 9.79 Å². The summed E-state index contributed by atoms with van der Waals surface area (Å²) in [6, 6.07) is 11.7. The number of thiophene rings is 1. The van der Waals surface area contributed by atoms with E-state index in [1.54, 1.807) is 29.0 Å². The molecule has 0 unspecified atom stereocenters. The lowest BCUT2D eigenvalue weighted by atomic mass is 10.1. The summed E-state index contributed by atoms with van der Waals surface area (Å²) in [7, 11) is -3.77. The van der Waals surface area contributed by atoms with Crippen molar-refractivity contribution in [1.82, 2.24) is 4.57 Å². The fraction of sp³-hybridized carbons (Fsp3) is 0.136. The van der Waals surface area contributed by atoms with Gasteiger partial charge in [0.1, 0.15) is 12.4 Å². The number of aromatic nitrogens is 1. The first-order valence-electron chi connectivity index (χ1n) is 9.24. The van der Waals surface area contributed by atoms with Crippen LogP contribution in [0.3, 0.4) is 0 Å². The van der Waals surface area contributed by atoms with E-state index in [9.17, 15) is 22.7 Å². The number of hydrogen-bond acceptors (Lipinski definition) is 4. The van der Waals surface area contributed by atoms with E-state index in [0.717, 1.165) is 0 Å². The first-order valence-corrected chi connectivity index (χ1v) is 12.0. The summed E-state index contributed by atoms with van der Waals surface area (Å²) >= 11 is 7.17. The quantitative estimate of drug-likeness (QED) is 0.408. The van der Waals surface area contributed by atoms with Crippen molar-refractivity contribution in [2.24, 2.45) is 0 Å². The maximum Gasteiger partial charge on any atom is 0.323 e. The Balaban J connectivity index is 1.83. The molecule has 2 aromatic heterocycles. The van der Waals surface area contributed by atoms with Gasteiger partial charge in [-0.25, -0.2) is 12.8 Å². The minimum Gasteiger partial charge on any atom is -0.480 e. The second kappa shape index (κ2) is 8.11. The highest BCUT2D eigenvalue weighted by molar-refractivity contribution is 7.91. The van der Waals surface area contributed by atoms with E-state index in [4.69, 9.17) is 11.6 Å². The van der Waals surface area contributed by atoms with Crippen molar-refractivity contribution in [3.63, 3.8) is 0 Å². The maximum atomic E-state index is 14.0. The molecular formula is C22H17ClFNO4S2. The minimum absolute atomic E-state index is 0.132. The molecule has 160 valence electrons. The average Bonchev–Trinajstić information content (AvgIpc) is 3.27. The zero-order chi connectivity index (χ0) is 22.3. The van der Waals surface area contributed by atoms with Gasteiger partial charge in [-0.15, -0.1) is 11.3 Å². The van der Waals surface area contributed by atoms with E-state index in [1.165, 1.54) is 47.7 Å². The van der Waals surface area contributed by atoms with Gasteiger partial charge in [0.25, 0.3) is 0 Å². The zero-order valence-corrected chi connectivity index (χ0v) is 18.7. The Morgan fingerprint density at radius 3 is 2.55 bits per heavy atom. The molecule has 0 aliphatic rings. The van der Waals surface area contributed by atoms with Crippen molar-refractivity contribution in [2.45, 2.75) is 29.7 Å². The monoisotopic (exact) mass is 477 g/mol. The molecule has 4 aromatic rings. The van der Waals surface area contributed by atoms with E-state index < -0.39 is 21.6 Å². The van der Waals surface area contributed by atoms with E-state index in [-0.39, 0.29) is 22.8 Å². The van der Waals surface area contributed by atoms with Gasteiger partial charge in [-0.3, -0.25) is 4.79 Å². The van der Waals surface area contributed by atoms with Crippen LogP contribution in [0.5, 0.6) is 0 Å². The highest BCUT2D eigenvalue weighted by Crippen LogP contribution is 2.34. The van der Waals surface area contributed by atoms with E-state index in [2.05, 4.69) is 0 Å². The van der Waals surface area contributed by atoms with Crippen LogP contribution < -0.4 is 0 Å². The predicted molar refractivity (Wildman–Crippen MR) is 118 cm³/mol. The van der Waals surface area contributed by atoms with E-state index in [1.807, 2.05) is 0 Å². The third-order valence-corrected chi connectivity index (χ3v) is 8.32. The van der Waals surface area contributed by atoms with Crippen LogP contribution in [0.25, 0.3) is 10.9 Å². The lowest BCUT2D eigenvalue weighted by molar-refractivity contribution is -0.137. The van der Waals surface area contributed by atoms with Crippen molar-refractivity contribution in [2.75, 3.05) is 0 Å². The molecule has 0 aliphatic heterocycles. The Kier molecular flexibility index (Phi) is 5.63. The summed E-state index contributed by atoms with van der Waals surface area (Å²) in [4.78, 5) is 12.2. The summed E-state index contributed by atoms with van der Waals surface area (Å²) in [6.45, 7) is 1.49. The molecule has 2 aromatic carbocycles. The first-order chi connectivity index (χ1) is 14.7. The molecule has 0 amide bonds. The maximum absolute atomic E-state index is 14.0. The molecule has 0 spiro atoms. The summed E-state index contributed by atoms with van der Waals surface area (Å²) in [6.07, 6.45) is 0.234. The van der Waals surface area contributed by atoms with Gasteiger partial charge >= 0.3 is 5.97 Å². The highest BCUT2D eigenvalue weighted by Gasteiger charge is 2.25. The Bertz CT molecular complexity index is 1410. The first kappa shape index (κ1) is 21.5. The fourth-order valence-corrected chi connectivity index (χ4v) is 6.52. The molecule has 5 nitrogen and oxygen atoms in total. The Labute approximate surface area is 187 Å². The van der Waals surface area contributed by atoms with Crippen LogP contribution in [0, 0.1) is 12.7 Å². The molecule has 9 heteroatoms. The van der Waals surface area contributed by atoms with Gasteiger partial charge in [-0.2, -0.15) is 0 Å². The van der Waals surface area contributed by atoms with Crippen LogP contribution in [-0.4, -0.2) is 24.1 Å². The van der Waals surface area contributed by atoms with Crippen LogP contribution in [0.1, 0.15) is 16.1 Å². The summed E-state index contributed by atoms with van der Waals surface area (Å²) in [5, 5.41) is 12.0. The van der Waals surface area contributed by atoms with Crippen molar-refractivity contribution in [3.05, 3.63) is 80.9 Å². The van der Waals surface area contributed by atoms with Gasteiger partial charge in [-0.1, -0.05) is 11.6 Å². The van der Waals surface area contributed by atoms with E-state index >= 15 is 0 Å². The van der Waals surface area contributed by atoms with Crippen LogP contribution in [-0.2, 0) is 27.6 Å². The van der Waals surface area contributed by atoms with Crippen molar-refractivity contribution in [3.8, 4) is 0 Å². The molecule has 0 aliphatic carbocycles. The van der Waals surface area contributed by atoms with Gasteiger partial charge in [-0.05, 0) is 66.4 Å². The molecule has 0 bridgehead atoms. The molecule has 2 heterocycles. The number of hydrogen-bond donors (Lipinski definition) is 1. The molecule has 31 heavy (non-hydrogen) atoms. The summed E-state index contributed by atoms with van der Waals surface area (Å²) < 4.78 is 42.0. The Morgan fingerprint density at radius 2 is 1.87 bits per heavy atom. The minimum atomic E-state index is -3.77. The Hall–Kier alpha value is -2.68. The predicted octanol–water partition coefficient (Wildman–Crippen LogP) is 5.31. The third-order valence-electron chi connectivity index (χ3n) is 5.16. The molecule has 0 atom stereocenters. The number of fused-ring (bicyclic) bond motifs is 1. The summed E-state index contributed by atoms with van der Waals surface area (Å²) in [5.41, 5.74) is 1.95. The van der Waals surface area contributed by atoms with E-state index in [0.29, 0.717) is 32.1 Å². The molecule has 0 radical (unpaired) electrons.